The number of rotatable bonds is 2. The summed E-state index contributed by atoms with van der Waals surface area (Å²) in [5.74, 6) is -0.377. The Bertz CT molecular complexity index is 561. The van der Waals surface area contributed by atoms with Gasteiger partial charge in [-0.1, -0.05) is 0 Å². The SMILES string of the molecule is Cc1[nH]nc(C(=O)N2CCCCC2)c1S(=O)(=O)Cl. The van der Waals surface area contributed by atoms with Crippen molar-refractivity contribution in [3.63, 3.8) is 0 Å². The highest BCUT2D eigenvalue weighted by Crippen LogP contribution is 2.24. The Balaban J connectivity index is 2.36. The molecule has 0 spiro atoms. The van der Waals surface area contributed by atoms with E-state index in [1.807, 2.05) is 0 Å². The first-order valence-electron chi connectivity index (χ1n) is 5.70. The molecular weight excluding hydrogens is 278 g/mol. The average Bonchev–Trinajstić information content (AvgIpc) is 2.71. The van der Waals surface area contributed by atoms with Crippen LogP contribution in [0.1, 0.15) is 35.4 Å². The Hall–Kier alpha value is -1.08. The third-order valence-electron chi connectivity index (χ3n) is 2.98. The summed E-state index contributed by atoms with van der Waals surface area (Å²) in [6.07, 6.45) is 2.94. The molecule has 1 aliphatic heterocycles. The van der Waals surface area contributed by atoms with Crippen LogP contribution in [-0.2, 0) is 9.05 Å². The number of nitrogens with zero attached hydrogens (tertiary/aromatic N) is 2. The molecule has 2 heterocycles. The van der Waals surface area contributed by atoms with E-state index in [-0.39, 0.29) is 22.2 Å². The zero-order valence-corrected chi connectivity index (χ0v) is 11.5. The van der Waals surface area contributed by atoms with Crippen LogP contribution in [0.2, 0.25) is 0 Å². The smallest absolute Gasteiger partial charge is 0.275 e. The quantitative estimate of drug-likeness (QED) is 0.832. The Morgan fingerprint density at radius 3 is 2.50 bits per heavy atom. The molecule has 1 aromatic heterocycles. The summed E-state index contributed by atoms with van der Waals surface area (Å²) in [4.78, 5) is 13.6. The first kappa shape index (κ1) is 13.4. The molecule has 0 aromatic carbocycles. The number of nitrogens with one attached hydrogen (secondary N) is 1. The number of aryl methyl sites for hydroxylation is 1. The van der Waals surface area contributed by atoms with E-state index in [4.69, 9.17) is 10.7 Å². The number of carbonyl (C=O) groups excluding carboxylic acids is 1. The highest BCUT2D eigenvalue weighted by Gasteiger charge is 2.30. The number of hydrogen-bond acceptors (Lipinski definition) is 4. The van der Waals surface area contributed by atoms with Crippen molar-refractivity contribution in [1.82, 2.24) is 15.1 Å². The lowest BCUT2D eigenvalue weighted by Gasteiger charge is -2.26. The molecule has 2 rings (SSSR count). The largest absolute Gasteiger partial charge is 0.337 e. The molecule has 0 radical (unpaired) electrons. The van der Waals surface area contributed by atoms with Crippen LogP contribution in [0.25, 0.3) is 0 Å². The van der Waals surface area contributed by atoms with Gasteiger partial charge < -0.3 is 4.90 Å². The number of piperidine rings is 1. The molecule has 6 nitrogen and oxygen atoms in total. The van der Waals surface area contributed by atoms with Gasteiger partial charge >= 0.3 is 0 Å². The minimum absolute atomic E-state index is 0.107. The van der Waals surface area contributed by atoms with Crippen LogP contribution in [-0.4, -0.2) is 42.5 Å². The monoisotopic (exact) mass is 291 g/mol. The number of aromatic nitrogens is 2. The summed E-state index contributed by atoms with van der Waals surface area (Å²) in [5.41, 5.74) is 0.176. The second-order valence-corrected chi connectivity index (χ2v) is 6.82. The van der Waals surface area contributed by atoms with Crippen molar-refractivity contribution in [2.24, 2.45) is 0 Å². The summed E-state index contributed by atoms with van der Waals surface area (Å²) in [6.45, 7) is 2.79. The van der Waals surface area contributed by atoms with E-state index in [1.54, 1.807) is 4.90 Å². The summed E-state index contributed by atoms with van der Waals surface area (Å²) in [6, 6.07) is 0. The van der Waals surface area contributed by atoms with E-state index >= 15 is 0 Å². The molecule has 1 N–H and O–H groups in total. The Kier molecular flexibility index (Phi) is 3.63. The maximum absolute atomic E-state index is 12.2. The molecule has 18 heavy (non-hydrogen) atoms. The van der Waals surface area contributed by atoms with E-state index in [9.17, 15) is 13.2 Å². The van der Waals surface area contributed by atoms with Crippen molar-refractivity contribution >= 4 is 25.6 Å². The number of amides is 1. The number of likely N-dealkylation sites (tertiary alicyclic amines) is 1. The predicted molar refractivity (Wildman–Crippen MR) is 66.1 cm³/mol. The summed E-state index contributed by atoms with van der Waals surface area (Å²) in [5, 5.41) is 6.28. The van der Waals surface area contributed by atoms with Gasteiger partial charge in [0.15, 0.2) is 5.69 Å². The number of hydrogen-bond donors (Lipinski definition) is 1. The Morgan fingerprint density at radius 1 is 1.33 bits per heavy atom. The Labute approximate surface area is 110 Å². The second-order valence-electron chi connectivity index (χ2n) is 4.32. The lowest BCUT2D eigenvalue weighted by Crippen LogP contribution is -2.36. The third-order valence-corrected chi connectivity index (χ3v) is 4.43. The Morgan fingerprint density at radius 2 is 1.94 bits per heavy atom. The van der Waals surface area contributed by atoms with Gasteiger partial charge in [-0.25, -0.2) is 8.42 Å². The number of H-pyrrole nitrogens is 1. The van der Waals surface area contributed by atoms with E-state index in [2.05, 4.69) is 10.2 Å². The fraction of sp³-hybridized carbons (Fsp3) is 0.600. The van der Waals surface area contributed by atoms with Gasteiger partial charge in [-0.2, -0.15) is 5.10 Å². The standard InChI is InChI=1S/C10H14ClN3O3S/c1-7-9(18(11,16)17)8(13-12-7)10(15)14-5-3-2-4-6-14/h2-6H2,1H3,(H,12,13). The zero-order chi connectivity index (χ0) is 13.3. The van der Waals surface area contributed by atoms with E-state index < -0.39 is 9.05 Å². The fourth-order valence-corrected chi connectivity index (χ4v) is 3.45. The summed E-state index contributed by atoms with van der Waals surface area (Å²) >= 11 is 0. The van der Waals surface area contributed by atoms with Gasteiger partial charge in [-0.3, -0.25) is 9.89 Å². The van der Waals surface area contributed by atoms with Gasteiger partial charge in [0.25, 0.3) is 15.0 Å². The van der Waals surface area contributed by atoms with E-state index in [0.717, 1.165) is 19.3 Å². The lowest BCUT2D eigenvalue weighted by atomic mass is 10.1. The van der Waals surface area contributed by atoms with E-state index in [0.29, 0.717) is 13.1 Å². The van der Waals surface area contributed by atoms with Crippen LogP contribution >= 0.6 is 10.7 Å². The van der Waals surface area contributed by atoms with Gasteiger partial charge in [-0.15, -0.1) is 0 Å². The van der Waals surface area contributed by atoms with E-state index in [1.165, 1.54) is 6.92 Å². The minimum Gasteiger partial charge on any atom is -0.337 e. The molecule has 100 valence electrons. The van der Waals surface area contributed by atoms with Crippen LogP contribution in [0.4, 0.5) is 0 Å². The molecule has 1 aliphatic rings. The van der Waals surface area contributed by atoms with Gasteiger partial charge in [0, 0.05) is 23.8 Å². The van der Waals surface area contributed by atoms with Gasteiger partial charge in [0.2, 0.25) is 0 Å². The maximum Gasteiger partial charge on any atom is 0.275 e. The van der Waals surface area contributed by atoms with Crippen LogP contribution in [0.3, 0.4) is 0 Å². The highest BCUT2D eigenvalue weighted by molar-refractivity contribution is 8.13. The maximum atomic E-state index is 12.2. The molecule has 0 bridgehead atoms. The van der Waals surface area contributed by atoms with Crippen molar-refractivity contribution in [2.45, 2.75) is 31.1 Å². The molecule has 1 saturated heterocycles. The third kappa shape index (κ3) is 2.51. The molecule has 0 atom stereocenters. The normalized spacial score (nSPS) is 16.9. The van der Waals surface area contributed by atoms with Crippen molar-refractivity contribution < 1.29 is 13.2 Å². The topological polar surface area (TPSA) is 83.1 Å². The first-order chi connectivity index (χ1) is 8.41. The molecular formula is C10H14ClN3O3S. The number of halogens is 1. The van der Waals surface area contributed by atoms with Crippen molar-refractivity contribution in [1.29, 1.82) is 0 Å². The van der Waals surface area contributed by atoms with Crippen molar-refractivity contribution in [2.75, 3.05) is 13.1 Å². The fourth-order valence-electron chi connectivity index (χ4n) is 2.11. The summed E-state index contributed by atoms with van der Waals surface area (Å²) in [7, 11) is 1.36. The molecule has 0 unspecified atom stereocenters. The number of carbonyl (C=O) groups is 1. The second kappa shape index (κ2) is 4.89. The zero-order valence-electron chi connectivity index (χ0n) is 9.94. The van der Waals surface area contributed by atoms with Crippen molar-refractivity contribution in [3.05, 3.63) is 11.4 Å². The first-order valence-corrected chi connectivity index (χ1v) is 8.01. The molecule has 0 aliphatic carbocycles. The number of aromatic amines is 1. The molecule has 8 heteroatoms. The van der Waals surface area contributed by atoms with Crippen LogP contribution in [0.5, 0.6) is 0 Å². The molecule has 0 saturated carbocycles. The van der Waals surface area contributed by atoms with Gasteiger partial charge in [0.1, 0.15) is 4.90 Å². The highest BCUT2D eigenvalue weighted by atomic mass is 35.7. The van der Waals surface area contributed by atoms with Crippen molar-refractivity contribution in [3.8, 4) is 0 Å². The van der Waals surface area contributed by atoms with Crippen LogP contribution in [0.15, 0.2) is 4.90 Å². The lowest BCUT2D eigenvalue weighted by molar-refractivity contribution is 0.0714. The average molecular weight is 292 g/mol. The molecule has 1 amide bonds. The predicted octanol–water partition coefficient (Wildman–Crippen LogP) is 1.27. The minimum atomic E-state index is -3.97. The summed E-state index contributed by atoms with van der Waals surface area (Å²) < 4.78 is 22.9. The molecule has 1 aromatic rings. The van der Waals surface area contributed by atoms with Crippen LogP contribution in [0, 0.1) is 6.92 Å². The van der Waals surface area contributed by atoms with Gasteiger partial charge in [-0.05, 0) is 26.2 Å². The van der Waals surface area contributed by atoms with Gasteiger partial charge in [0.05, 0.1) is 5.69 Å². The van der Waals surface area contributed by atoms with Crippen LogP contribution < -0.4 is 0 Å². The molecule has 1 fully saturated rings.